The Bertz CT molecular complexity index is 467. The van der Waals surface area contributed by atoms with Gasteiger partial charge in [-0.05, 0) is 12.8 Å². The molecule has 0 saturated carbocycles. The molecule has 0 aliphatic carbocycles. The molecule has 0 fully saturated rings. The molecule has 0 aliphatic rings. The van der Waals surface area contributed by atoms with E-state index in [2.05, 4.69) is 10.4 Å². The largest absolute Gasteiger partial charge is 0.354 e. The number of rotatable bonds is 8. The Balaban J connectivity index is 2.37. The van der Waals surface area contributed by atoms with Crippen LogP contribution in [0.5, 0.6) is 0 Å². The summed E-state index contributed by atoms with van der Waals surface area (Å²) < 4.78 is 1.38. The Morgan fingerprint density at radius 2 is 2.20 bits per heavy atom. The van der Waals surface area contributed by atoms with Crippen molar-refractivity contribution in [3.8, 4) is 0 Å². The Morgan fingerprint density at radius 1 is 1.55 bits per heavy atom. The summed E-state index contributed by atoms with van der Waals surface area (Å²) in [6, 6.07) is 0. The van der Waals surface area contributed by atoms with Gasteiger partial charge in [0.25, 0.3) is 0 Å². The number of hydrogen-bond acceptors (Lipinski definition) is 5. The van der Waals surface area contributed by atoms with Crippen molar-refractivity contribution < 1.29 is 9.72 Å². The fraction of sp³-hybridized carbons (Fsp3) is 0.667. The zero-order valence-corrected chi connectivity index (χ0v) is 11.8. The zero-order chi connectivity index (χ0) is 15.2. The minimum Gasteiger partial charge on any atom is -0.354 e. The number of carbonyl (C=O) groups excluding carboxylic acids is 1. The number of aromatic nitrogens is 2. The van der Waals surface area contributed by atoms with Crippen molar-refractivity contribution in [3.63, 3.8) is 0 Å². The van der Waals surface area contributed by atoms with E-state index in [0.717, 1.165) is 19.0 Å². The van der Waals surface area contributed by atoms with Crippen LogP contribution in [0.1, 0.15) is 33.1 Å². The third kappa shape index (κ3) is 4.61. The molecule has 0 bridgehead atoms. The Kier molecular flexibility index (Phi) is 5.63. The monoisotopic (exact) mass is 283 g/mol. The first-order chi connectivity index (χ1) is 9.40. The summed E-state index contributed by atoms with van der Waals surface area (Å²) in [4.78, 5) is 21.7. The van der Waals surface area contributed by atoms with Crippen LogP contribution < -0.4 is 11.1 Å². The maximum Gasteiger partial charge on any atom is 0.306 e. The van der Waals surface area contributed by atoms with Gasteiger partial charge in [-0.1, -0.05) is 13.8 Å². The first-order valence-corrected chi connectivity index (χ1v) is 6.62. The van der Waals surface area contributed by atoms with Crippen LogP contribution in [-0.2, 0) is 11.3 Å². The molecule has 112 valence electrons. The van der Waals surface area contributed by atoms with Gasteiger partial charge in [-0.15, -0.1) is 0 Å². The van der Waals surface area contributed by atoms with Crippen molar-refractivity contribution >= 4 is 11.6 Å². The van der Waals surface area contributed by atoms with Gasteiger partial charge in [0.05, 0.1) is 4.92 Å². The molecule has 8 nitrogen and oxygen atoms in total. The van der Waals surface area contributed by atoms with Crippen molar-refractivity contribution in [3.05, 3.63) is 22.5 Å². The number of nitrogens with zero attached hydrogens (tertiary/aromatic N) is 3. The highest BCUT2D eigenvalue weighted by molar-refractivity contribution is 5.75. The van der Waals surface area contributed by atoms with Crippen molar-refractivity contribution in [2.24, 2.45) is 5.73 Å². The van der Waals surface area contributed by atoms with Gasteiger partial charge in [0, 0.05) is 25.0 Å². The lowest BCUT2D eigenvalue weighted by Gasteiger charge is -2.26. The smallest absolute Gasteiger partial charge is 0.306 e. The van der Waals surface area contributed by atoms with E-state index in [1.165, 1.54) is 10.9 Å². The van der Waals surface area contributed by atoms with Crippen molar-refractivity contribution in [1.29, 1.82) is 0 Å². The minimum atomic E-state index is -0.519. The van der Waals surface area contributed by atoms with E-state index in [-0.39, 0.29) is 23.6 Å². The molecule has 0 saturated heterocycles. The molecule has 1 amide bonds. The van der Waals surface area contributed by atoms with Gasteiger partial charge in [0.15, 0.2) is 0 Å². The number of nitrogens with one attached hydrogen (secondary N) is 1. The first-order valence-electron chi connectivity index (χ1n) is 6.62. The molecule has 0 aromatic carbocycles. The number of nitro groups is 1. The maximum atomic E-state index is 11.7. The summed E-state index contributed by atoms with van der Waals surface area (Å²) in [7, 11) is 0. The van der Waals surface area contributed by atoms with Crippen LogP contribution in [-0.4, -0.2) is 32.7 Å². The van der Waals surface area contributed by atoms with Gasteiger partial charge < -0.3 is 11.1 Å². The van der Waals surface area contributed by atoms with E-state index in [1.54, 1.807) is 0 Å². The summed E-state index contributed by atoms with van der Waals surface area (Å²) in [6.07, 6.45) is 4.25. The third-order valence-electron chi connectivity index (χ3n) is 3.44. The van der Waals surface area contributed by atoms with E-state index in [0.29, 0.717) is 13.1 Å². The van der Waals surface area contributed by atoms with Crippen LogP contribution in [0.4, 0.5) is 5.69 Å². The number of nitrogens with two attached hydrogens (primary N) is 1. The molecule has 8 heteroatoms. The highest BCUT2D eigenvalue weighted by Gasteiger charge is 2.20. The van der Waals surface area contributed by atoms with Crippen LogP contribution in [0, 0.1) is 10.1 Å². The summed E-state index contributed by atoms with van der Waals surface area (Å²) in [6.45, 7) is 4.70. The fourth-order valence-corrected chi connectivity index (χ4v) is 1.65. The summed E-state index contributed by atoms with van der Waals surface area (Å²) in [5.74, 6) is -0.139. The second-order valence-electron chi connectivity index (χ2n) is 4.81. The number of amides is 1. The predicted molar refractivity (Wildman–Crippen MR) is 74.0 cm³/mol. The second kappa shape index (κ2) is 6.99. The molecular formula is C12H21N5O3. The van der Waals surface area contributed by atoms with Gasteiger partial charge >= 0.3 is 5.69 Å². The highest BCUT2D eigenvalue weighted by atomic mass is 16.6. The molecule has 1 aromatic rings. The summed E-state index contributed by atoms with van der Waals surface area (Å²) in [5, 5.41) is 17.1. The molecule has 1 heterocycles. The van der Waals surface area contributed by atoms with Crippen LogP contribution >= 0.6 is 0 Å². The van der Waals surface area contributed by atoms with Gasteiger partial charge in [0.1, 0.15) is 12.4 Å². The topological polar surface area (TPSA) is 116 Å². The molecule has 0 atom stereocenters. The van der Waals surface area contributed by atoms with Crippen LogP contribution in [0.15, 0.2) is 12.4 Å². The standard InChI is InChI=1S/C12H21N5O3/c1-3-12(13,4-2)9-14-11(18)5-6-16-8-10(7-15-16)17(19)20/h7-8H,3-6,9,13H2,1-2H3,(H,14,18). The lowest BCUT2D eigenvalue weighted by Crippen LogP contribution is -2.49. The Hall–Kier alpha value is -1.96. The third-order valence-corrected chi connectivity index (χ3v) is 3.44. The molecule has 1 rings (SSSR count). The molecule has 0 spiro atoms. The fourth-order valence-electron chi connectivity index (χ4n) is 1.65. The number of aryl methyl sites for hydroxylation is 1. The number of hydrogen-bond donors (Lipinski definition) is 2. The lowest BCUT2D eigenvalue weighted by atomic mass is 9.94. The molecule has 1 aromatic heterocycles. The lowest BCUT2D eigenvalue weighted by molar-refractivity contribution is -0.385. The van der Waals surface area contributed by atoms with E-state index in [4.69, 9.17) is 5.73 Å². The van der Waals surface area contributed by atoms with Crippen LogP contribution in [0.3, 0.4) is 0 Å². The molecule has 3 N–H and O–H groups in total. The first kappa shape index (κ1) is 16.1. The Labute approximate surface area is 117 Å². The molecule has 0 radical (unpaired) electrons. The van der Waals surface area contributed by atoms with E-state index in [9.17, 15) is 14.9 Å². The van der Waals surface area contributed by atoms with E-state index < -0.39 is 4.92 Å². The van der Waals surface area contributed by atoms with Gasteiger partial charge in [0.2, 0.25) is 5.91 Å². The highest BCUT2D eigenvalue weighted by Crippen LogP contribution is 2.10. The molecule has 20 heavy (non-hydrogen) atoms. The molecule has 0 unspecified atom stereocenters. The Morgan fingerprint density at radius 3 is 2.70 bits per heavy atom. The molecular weight excluding hydrogens is 262 g/mol. The average molecular weight is 283 g/mol. The van der Waals surface area contributed by atoms with E-state index in [1.807, 2.05) is 13.8 Å². The van der Waals surface area contributed by atoms with Gasteiger partial charge in [-0.3, -0.25) is 19.6 Å². The predicted octanol–water partition coefficient (Wildman–Crippen LogP) is 0.815. The van der Waals surface area contributed by atoms with Crippen molar-refractivity contribution in [2.75, 3.05) is 6.54 Å². The summed E-state index contributed by atoms with van der Waals surface area (Å²) in [5.41, 5.74) is 5.63. The van der Waals surface area contributed by atoms with Crippen molar-refractivity contribution in [2.45, 2.75) is 45.2 Å². The van der Waals surface area contributed by atoms with Crippen LogP contribution in [0.25, 0.3) is 0 Å². The van der Waals surface area contributed by atoms with Gasteiger partial charge in [-0.25, -0.2) is 0 Å². The summed E-state index contributed by atoms with van der Waals surface area (Å²) >= 11 is 0. The minimum absolute atomic E-state index is 0.0802. The van der Waals surface area contributed by atoms with Crippen LogP contribution in [0.2, 0.25) is 0 Å². The SMILES string of the molecule is CCC(N)(CC)CNC(=O)CCn1cc([N+](=O)[O-])cn1. The average Bonchev–Trinajstić information content (AvgIpc) is 2.91. The maximum absolute atomic E-state index is 11.7. The zero-order valence-electron chi connectivity index (χ0n) is 11.8. The number of carbonyl (C=O) groups is 1. The quantitative estimate of drug-likeness (QED) is 0.541. The van der Waals surface area contributed by atoms with Crippen molar-refractivity contribution in [1.82, 2.24) is 15.1 Å². The second-order valence-corrected chi connectivity index (χ2v) is 4.81. The van der Waals surface area contributed by atoms with E-state index >= 15 is 0 Å². The normalized spacial score (nSPS) is 11.3. The molecule has 0 aliphatic heterocycles. The van der Waals surface area contributed by atoms with Gasteiger partial charge in [-0.2, -0.15) is 5.10 Å².